The Morgan fingerprint density at radius 3 is 2.45 bits per heavy atom. The Bertz CT molecular complexity index is 1060. The summed E-state index contributed by atoms with van der Waals surface area (Å²) in [6.45, 7) is 8.14. The Kier molecular flexibility index (Phi) is 7.41. The molecule has 1 aliphatic heterocycles. The molecule has 160 valence electrons. The van der Waals surface area contributed by atoms with Gasteiger partial charge in [-0.3, -0.25) is 4.99 Å². The number of carbonyl (C=O) groups is 2. The van der Waals surface area contributed by atoms with E-state index in [0.717, 1.165) is 21.1 Å². The van der Waals surface area contributed by atoms with Crippen LogP contribution < -0.4 is 0 Å². The Hall–Kier alpha value is -2.77. The van der Waals surface area contributed by atoms with Crippen molar-refractivity contribution < 1.29 is 19.1 Å². The molecule has 1 heterocycles. The smallest absolute Gasteiger partial charge is 0.342 e. The monoisotopic (exact) mass is 453 g/mol. The molecule has 0 radical (unpaired) electrons. The molecule has 0 saturated heterocycles. The average molecular weight is 454 g/mol. The number of hydrogen-bond donors (Lipinski definition) is 0. The van der Waals surface area contributed by atoms with Gasteiger partial charge in [-0.1, -0.05) is 72.6 Å². The number of carbonyl (C=O) groups excluding carboxylic acids is 2. The lowest BCUT2D eigenvalue weighted by Crippen LogP contribution is -2.12. The lowest BCUT2D eigenvalue weighted by atomic mass is 10.0. The van der Waals surface area contributed by atoms with Gasteiger partial charge in [0.25, 0.3) is 0 Å². The number of benzene rings is 2. The number of ether oxygens (including phenoxy) is 2. The van der Waals surface area contributed by atoms with Crippen molar-refractivity contribution >= 4 is 45.4 Å². The van der Waals surface area contributed by atoms with Gasteiger partial charge >= 0.3 is 11.9 Å². The van der Waals surface area contributed by atoms with Gasteiger partial charge in [-0.25, -0.2) is 9.59 Å². The molecule has 5 nitrogen and oxygen atoms in total. The lowest BCUT2D eigenvalue weighted by Gasteiger charge is -2.12. The molecule has 2 aromatic rings. The van der Waals surface area contributed by atoms with Gasteiger partial charge in [-0.05, 0) is 37.1 Å². The molecule has 31 heavy (non-hydrogen) atoms. The molecule has 0 aliphatic carbocycles. The second-order valence-electron chi connectivity index (χ2n) is 7.20. The molecule has 1 aliphatic rings. The van der Waals surface area contributed by atoms with Crippen LogP contribution in [0.3, 0.4) is 0 Å². The second-order valence-corrected chi connectivity index (χ2v) is 9.51. The van der Waals surface area contributed by atoms with Crippen LogP contribution in [0.1, 0.15) is 35.3 Å². The molecule has 3 rings (SSSR count). The predicted molar refractivity (Wildman–Crippen MR) is 128 cm³/mol. The summed E-state index contributed by atoms with van der Waals surface area (Å²) < 4.78 is 11.2. The Balaban J connectivity index is 1.83. The van der Waals surface area contributed by atoms with E-state index < -0.39 is 11.9 Å². The molecule has 2 aromatic carbocycles. The van der Waals surface area contributed by atoms with Gasteiger partial charge in [0.05, 0.1) is 18.2 Å². The number of esters is 2. The summed E-state index contributed by atoms with van der Waals surface area (Å²) in [5.74, 6) is -0.543. The van der Waals surface area contributed by atoms with E-state index in [9.17, 15) is 9.59 Å². The molecular formula is C24H23NO4S2. The van der Waals surface area contributed by atoms with Gasteiger partial charge in [0, 0.05) is 10.7 Å². The Morgan fingerprint density at radius 1 is 1.13 bits per heavy atom. The first-order valence-corrected chi connectivity index (χ1v) is 11.3. The third kappa shape index (κ3) is 5.68. The van der Waals surface area contributed by atoms with Crippen molar-refractivity contribution in [1.29, 1.82) is 0 Å². The highest BCUT2D eigenvalue weighted by atomic mass is 32.2. The molecule has 0 unspecified atom stereocenters. The van der Waals surface area contributed by atoms with Crippen molar-refractivity contribution in [3.8, 4) is 0 Å². The minimum atomic E-state index is -0.583. The van der Waals surface area contributed by atoms with E-state index in [2.05, 4.69) is 6.58 Å². The molecule has 7 heteroatoms. The molecule has 0 spiro atoms. The number of rotatable bonds is 6. The number of thioether (sulfide) groups is 2. The fourth-order valence-corrected chi connectivity index (χ4v) is 5.06. The van der Waals surface area contributed by atoms with E-state index in [-0.39, 0.29) is 11.1 Å². The van der Waals surface area contributed by atoms with Crippen molar-refractivity contribution in [2.45, 2.75) is 25.1 Å². The van der Waals surface area contributed by atoms with E-state index in [0.29, 0.717) is 16.9 Å². The molecule has 0 fully saturated rings. The van der Waals surface area contributed by atoms with E-state index in [1.165, 1.54) is 7.11 Å². The fourth-order valence-electron chi connectivity index (χ4n) is 2.74. The third-order valence-electron chi connectivity index (χ3n) is 4.62. The maximum atomic E-state index is 12.5. The Labute approximate surface area is 190 Å². The molecule has 0 amide bonds. The zero-order chi connectivity index (χ0) is 22.4. The van der Waals surface area contributed by atoms with Crippen LogP contribution in [-0.2, 0) is 20.0 Å². The maximum Gasteiger partial charge on any atom is 0.342 e. The topological polar surface area (TPSA) is 65.0 Å². The van der Waals surface area contributed by atoms with E-state index in [1.807, 2.05) is 44.2 Å². The van der Waals surface area contributed by atoms with E-state index >= 15 is 0 Å². The normalized spacial score (nSPS) is 15.4. The standard InChI is InChI=1S/C24H23NO4S2/c1-16-24(2,3)25-23(31-16)30-15-18-12-8-9-13-19(18)20(22(27)28-4)14-29-21(26)17-10-6-5-7-11-17/h5-14H,1,15H2,2-4H3. The number of methoxy groups -OCH3 is 1. The van der Waals surface area contributed by atoms with Crippen molar-refractivity contribution in [3.63, 3.8) is 0 Å². The highest BCUT2D eigenvalue weighted by molar-refractivity contribution is 8.40. The zero-order valence-corrected chi connectivity index (χ0v) is 19.2. The largest absolute Gasteiger partial charge is 0.465 e. The fraction of sp³-hybridized carbons (Fsp3) is 0.208. The summed E-state index contributed by atoms with van der Waals surface area (Å²) in [6, 6.07) is 16.1. The molecule has 0 saturated carbocycles. The SMILES string of the molecule is C=C1SC(SCc2ccccc2C(=COC(=O)c2ccccc2)C(=O)OC)=NC1(C)C. The molecule has 0 aromatic heterocycles. The van der Waals surface area contributed by atoms with Crippen molar-refractivity contribution in [1.82, 2.24) is 0 Å². The number of aliphatic imine (C=N–C) groups is 1. The first kappa shape index (κ1) is 22.9. The Morgan fingerprint density at radius 2 is 1.81 bits per heavy atom. The van der Waals surface area contributed by atoms with Gasteiger partial charge in [-0.2, -0.15) is 0 Å². The van der Waals surface area contributed by atoms with E-state index in [1.54, 1.807) is 47.8 Å². The number of hydrogen-bond acceptors (Lipinski definition) is 7. The van der Waals surface area contributed by atoms with Gasteiger partial charge in [0.15, 0.2) is 0 Å². The van der Waals surface area contributed by atoms with Crippen LogP contribution in [0.15, 0.2) is 77.3 Å². The summed E-state index contributed by atoms with van der Waals surface area (Å²) in [4.78, 5) is 30.5. The van der Waals surface area contributed by atoms with Crippen molar-refractivity contribution in [2.24, 2.45) is 4.99 Å². The minimum Gasteiger partial charge on any atom is -0.465 e. The van der Waals surface area contributed by atoms with Crippen LogP contribution in [0.4, 0.5) is 0 Å². The maximum absolute atomic E-state index is 12.5. The van der Waals surface area contributed by atoms with Crippen LogP contribution in [0.5, 0.6) is 0 Å². The molecule has 0 atom stereocenters. The molecule has 0 bridgehead atoms. The first-order chi connectivity index (χ1) is 14.8. The van der Waals surface area contributed by atoms with Gasteiger partial charge in [0.2, 0.25) is 0 Å². The summed E-state index contributed by atoms with van der Waals surface area (Å²) in [6.07, 6.45) is 1.16. The van der Waals surface area contributed by atoms with Crippen molar-refractivity contribution in [3.05, 3.63) is 89.0 Å². The van der Waals surface area contributed by atoms with Crippen LogP contribution in [0.25, 0.3) is 5.57 Å². The zero-order valence-electron chi connectivity index (χ0n) is 17.6. The summed E-state index contributed by atoms with van der Waals surface area (Å²) in [7, 11) is 1.30. The van der Waals surface area contributed by atoms with Crippen LogP contribution in [-0.4, -0.2) is 29.0 Å². The molecule has 0 N–H and O–H groups in total. The minimum absolute atomic E-state index is 0.175. The van der Waals surface area contributed by atoms with E-state index in [4.69, 9.17) is 14.5 Å². The van der Waals surface area contributed by atoms with Crippen LogP contribution in [0.2, 0.25) is 0 Å². The van der Waals surface area contributed by atoms with Gasteiger partial charge in [0.1, 0.15) is 16.2 Å². The van der Waals surface area contributed by atoms with Crippen LogP contribution in [0, 0.1) is 0 Å². The number of nitrogens with zero attached hydrogens (tertiary/aromatic N) is 1. The highest BCUT2D eigenvalue weighted by Gasteiger charge is 2.30. The summed E-state index contributed by atoms with van der Waals surface area (Å²) >= 11 is 3.15. The summed E-state index contributed by atoms with van der Waals surface area (Å²) in [5.41, 5.74) is 1.83. The predicted octanol–water partition coefficient (Wildman–Crippen LogP) is 5.69. The third-order valence-corrected chi connectivity index (χ3v) is 7.03. The van der Waals surface area contributed by atoms with Crippen molar-refractivity contribution in [2.75, 3.05) is 7.11 Å². The average Bonchev–Trinajstić information content (AvgIpc) is 3.04. The second kappa shape index (κ2) is 10.0. The lowest BCUT2D eigenvalue weighted by molar-refractivity contribution is -0.133. The van der Waals surface area contributed by atoms with Gasteiger partial charge < -0.3 is 9.47 Å². The first-order valence-electron chi connectivity index (χ1n) is 9.54. The summed E-state index contributed by atoms with van der Waals surface area (Å²) in [5, 5.41) is 0. The highest BCUT2D eigenvalue weighted by Crippen LogP contribution is 2.42. The van der Waals surface area contributed by atoms with Crippen LogP contribution >= 0.6 is 23.5 Å². The molecular weight excluding hydrogens is 430 g/mol. The van der Waals surface area contributed by atoms with Gasteiger partial charge in [-0.15, -0.1) is 0 Å². The quantitative estimate of drug-likeness (QED) is 0.318.